The first-order chi connectivity index (χ1) is 13.5. The average Bonchev–Trinajstić information content (AvgIpc) is 3.39. The minimum absolute atomic E-state index is 0.0785. The van der Waals surface area contributed by atoms with E-state index in [1.807, 2.05) is 6.26 Å². The van der Waals surface area contributed by atoms with E-state index >= 15 is 0 Å². The van der Waals surface area contributed by atoms with Gasteiger partial charge in [0.05, 0.1) is 11.1 Å². The van der Waals surface area contributed by atoms with Crippen molar-refractivity contribution in [3.05, 3.63) is 35.4 Å². The molecule has 1 aromatic carbocycles. The number of carbonyl (C=O) groups is 3. The standard InChI is InChI=1S/C22H28N2O3S/c1-13(18-12-14-7-8-15(18)11-14)23-20(25)19(9-10-28-2)24-21(26)16-5-3-4-6-17(16)22(24)27/h3-6,13-15,18-19H,7-12H2,1-2H3,(H,23,25)/t13-,14+,15+,18-,19-/m1/s1. The summed E-state index contributed by atoms with van der Waals surface area (Å²) in [5.74, 6) is 1.87. The lowest BCUT2D eigenvalue weighted by atomic mass is 9.84. The van der Waals surface area contributed by atoms with Crippen LogP contribution in [0.3, 0.4) is 0 Å². The zero-order chi connectivity index (χ0) is 19.8. The summed E-state index contributed by atoms with van der Waals surface area (Å²) in [7, 11) is 0. The fourth-order valence-electron chi connectivity index (χ4n) is 5.43. The van der Waals surface area contributed by atoms with Gasteiger partial charge in [0.15, 0.2) is 0 Å². The molecule has 2 bridgehead atoms. The van der Waals surface area contributed by atoms with Gasteiger partial charge in [-0.05, 0) is 74.5 Å². The van der Waals surface area contributed by atoms with Crippen molar-refractivity contribution in [1.29, 1.82) is 0 Å². The largest absolute Gasteiger partial charge is 0.352 e. The number of amides is 3. The highest BCUT2D eigenvalue weighted by molar-refractivity contribution is 7.98. The van der Waals surface area contributed by atoms with E-state index in [1.54, 1.807) is 36.0 Å². The molecule has 150 valence electrons. The van der Waals surface area contributed by atoms with E-state index in [2.05, 4.69) is 12.2 Å². The lowest BCUT2D eigenvalue weighted by Gasteiger charge is -2.31. The Balaban J connectivity index is 1.50. The molecule has 4 rings (SSSR count). The van der Waals surface area contributed by atoms with Crippen molar-refractivity contribution < 1.29 is 14.4 Å². The highest BCUT2D eigenvalue weighted by atomic mass is 32.2. The molecule has 1 heterocycles. The maximum atomic E-state index is 13.2. The first-order valence-corrected chi connectivity index (χ1v) is 11.7. The molecule has 6 heteroatoms. The Bertz CT molecular complexity index is 761. The molecule has 2 aliphatic carbocycles. The normalized spacial score (nSPS) is 27.8. The van der Waals surface area contributed by atoms with Crippen molar-refractivity contribution in [3.63, 3.8) is 0 Å². The average molecular weight is 401 g/mol. The molecule has 1 N–H and O–H groups in total. The Kier molecular flexibility index (Phi) is 5.50. The zero-order valence-electron chi connectivity index (χ0n) is 16.5. The van der Waals surface area contributed by atoms with Gasteiger partial charge in [-0.1, -0.05) is 18.6 Å². The number of hydrogen-bond acceptors (Lipinski definition) is 4. The molecule has 1 aliphatic heterocycles. The fraction of sp³-hybridized carbons (Fsp3) is 0.591. The van der Waals surface area contributed by atoms with Gasteiger partial charge in [-0.15, -0.1) is 0 Å². The second kappa shape index (κ2) is 7.90. The molecular weight excluding hydrogens is 372 g/mol. The van der Waals surface area contributed by atoms with Crippen LogP contribution in [0.4, 0.5) is 0 Å². The molecule has 0 radical (unpaired) electrons. The summed E-state index contributed by atoms with van der Waals surface area (Å²) >= 11 is 1.62. The number of fused-ring (bicyclic) bond motifs is 3. The van der Waals surface area contributed by atoms with Gasteiger partial charge in [0, 0.05) is 6.04 Å². The van der Waals surface area contributed by atoms with Crippen molar-refractivity contribution in [1.82, 2.24) is 10.2 Å². The number of benzene rings is 1. The van der Waals surface area contributed by atoms with Crippen LogP contribution in [0.5, 0.6) is 0 Å². The maximum absolute atomic E-state index is 13.2. The van der Waals surface area contributed by atoms with Crippen molar-refractivity contribution in [2.45, 2.75) is 51.1 Å². The van der Waals surface area contributed by atoms with Crippen LogP contribution in [0.25, 0.3) is 0 Å². The summed E-state index contributed by atoms with van der Waals surface area (Å²) in [5.41, 5.74) is 0.797. The second-order valence-electron chi connectivity index (χ2n) is 8.46. The van der Waals surface area contributed by atoms with Gasteiger partial charge in [-0.25, -0.2) is 0 Å². The molecule has 1 aromatic rings. The predicted octanol–water partition coefficient (Wildman–Crippen LogP) is 3.35. The Hall–Kier alpha value is -1.82. The van der Waals surface area contributed by atoms with Crippen molar-refractivity contribution in [2.75, 3.05) is 12.0 Å². The van der Waals surface area contributed by atoms with Gasteiger partial charge in [0.2, 0.25) is 5.91 Å². The summed E-state index contributed by atoms with van der Waals surface area (Å²) in [6.07, 6.45) is 7.52. The van der Waals surface area contributed by atoms with Crippen LogP contribution in [0, 0.1) is 17.8 Å². The van der Waals surface area contributed by atoms with Crippen LogP contribution in [0.2, 0.25) is 0 Å². The van der Waals surface area contributed by atoms with Gasteiger partial charge >= 0.3 is 0 Å². The van der Waals surface area contributed by atoms with Gasteiger partial charge in [0.1, 0.15) is 6.04 Å². The lowest BCUT2D eigenvalue weighted by Crippen LogP contribution is -2.53. The number of nitrogens with one attached hydrogen (secondary N) is 1. The van der Waals surface area contributed by atoms with Crippen LogP contribution in [-0.4, -0.2) is 46.7 Å². The third kappa shape index (κ3) is 3.36. The Labute approximate surface area is 170 Å². The van der Waals surface area contributed by atoms with Crippen LogP contribution >= 0.6 is 11.8 Å². The monoisotopic (exact) mass is 400 g/mol. The highest BCUT2D eigenvalue weighted by Gasteiger charge is 2.45. The zero-order valence-corrected chi connectivity index (χ0v) is 17.3. The predicted molar refractivity (Wildman–Crippen MR) is 110 cm³/mol. The van der Waals surface area contributed by atoms with Crippen LogP contribution in [-0.2, 0) is 4.79 Å². The van der Waals surface area contributed by atoms with Crippen molar-refractivity contribution >= 4 is 29.5 Å². The number of imide groups is 1. The van der Waals surface area contributed by atoms with Crippen LogP contribution < -0.4 is 5.32 Å². The minimum atomic E-state index is -0.749. The SMILES string of the molecule is CSCC[C@H](C(=O)N[C@H](C)[C@H]1C[C@H]2CC[C@H]1C2)N1C(=O)c2ccccc2C1=O. The number of thioether (sulfide) groups is 1. The third-order valence-corrected chi connectivity index (χ3v) is 7.48. The molecule has 2 fully saturated rings. The third-order valence-electron chi connectivity index (χ3n) is 6.84. The van der Waals surface area contributed by atoms with E-state index < -0.39 is 6.04 Å². The van der Waals surface area contributed by atoms with E-state index in [0.29, 0.717) is 35.1 Å². The molecule has 2 saturated carbocycles. The number of hydrogen-bond donors (Lipinski definition) is 1. The molecule has 5 atom stereocenters. The first-order valence-electron chi connectivity index (χ1n) is 10.3. The van der Waals surface area contributed by atoms with E-state index in [9.17, 15) is 14.4 Å². The molecular formula is C22H28N2O3S. The van der Waals surface area contributed by atoms with Crippen molar-refractivity contribution in [2.24, 2.45) is 17.8 Å². The van der Waals surface area contributed by atoms with Crippen molar-refractivity contribution in [3.8, 4) is 0 Å². The van der Waals surface area contributed by atoms with E-state index in [4.69, 9.17) is 0 Å². The van der Waals surface area contributed by atoms with Gasteiger partial charge < -0.3 is 5.32 Å². The number of nitrogens with zero attached hydrogens (tertiary/aromatic N) is 1. The van der Waals surface area contributed by atoms with Gasteiger partial charge in [-0.3, -0.25) is 19.3 Å². The molecule has 3 amide bonds. The van der Waals surface area contributed by atoms with Crippen LogP contribution in [0.15, 0.2) is 24.3 Å². The summed E-state index contributed by atoms with van der Waals surface area (Å²) in [4.78, 5) is 40.1. The second-order valence-corrected chi connectivity index (χ2v) is 9.44. The highest BCUT2D eigenvalue weighted by Crippen LogP contribution is 2.49. The topological polar surface area (TPSA) is 66.5 Å². The Morgan fingerprint density at radius 3 is 2.39 bits per heavy atom. The first kappa shape index (κ1) is 19.5. The molecule has 0 aromatic heterocycles. The maximum Gasteiger partial charge on any atom is 0.262 e. The molecule has 5 nitrogen and oxygen atoms in total. The van der Waals surface area contributed by atoms with E-state index in [-0.39, 0.29) is 23.8 Å². The molecule has 0 spiro atoms. The smallest absolute Gasteiger partial charge is 0.262 e. The summed E-state index contributed by atoms with van der Waals surface area (Å²) < 4.78 is 0. The van der Waals surface area contributed by atoms with Crippen LogP contribution in [0.1, 0.15) is 59.7 Å². The fourth-order valence-corrected chi connectivity index (χ4v) is 5.89. The molecule has 0 saturated heterocycles. The summed E-state index contributed by atoms with van der Waals surface area (Å²) in [6.45, 7) is 2.08. The number of carbonyl (C=O) groups excluding carboxylic acids is 3. The van der Waals surface area contributed by atoms with Gasteiger partial charge in [0.25, 0.3) is 11.8 Å². The summed E-state index contributed by atoms with van der Waals surface area (Å²) in [6, 6.07) is 6.16. The molecule has 3 aliphatic rings. The Morgan fingerprint density at radius 1 is 1.18 bits per heavy atom. The minimum Gasteiger partial charge on any atom is -0.352 e. The quantitative estimate of drug-likeness (QED) is 0.713. The van der Waals surface area contributed by atoms with E-state index in [1.165, 1.54) is 30.6 Å². The Morgan fingerprint density at radius 2 is 1.86 bits per heavy atom. The summed E-state index contributed by atoms with van der Waals surface area (Å²) in [5, 5.41) is 3.17. The molecule has 28 heavy (non-hydrogen) atoms. The van der Waals surface area contributed by atoms with E-state index in [0.717, 1.165) is 5.92 Å². The number of rotatable bonds is 7. The lowest BCUT2D eigenvalue weighted by molar-refractivity contribution is -0.126. The molecule has 0 unspecified atom stereocenters. The van der Waals surface area contributed by atoms with Gasteiger partial charge in [-0.2, -0.15) is 11.8 Å².